The van der Waals surface area contributed by atoms with E-state index in [0.29, 0.717) is 13.2 Å². The molecule has 3 aromatic rings. The van der Waals surface area contributed by atoms with Crippen LogP contribution in [0.25, 0.3) is 5.52 Å². The van der Waals surface area contributed by atoms with Gasteiger partial charge in [0.2, 0.25) is 0 Å². The number of amides is 2. The normalized spacial score (nSPS) is 11.5. The minimum Gasteiger partial charge on any atom is -0.374 e. The maximum Gasteiger partial charge on any atom is 0.276 e. The fourth-order valence-corrected chi connectivity index (χ4v) is 2.97. The summed E-state index contributed by atoms with van der Waals surface area (Å²) >= 11 is 3.34. The van der Waals surface area contributed by atoms with E-state index in [-0.39, 0.29) is 28.5 Å². The zero-order valence-corrected chi connectivity index (χ0v) is 18.4. The van der Waals surface area contributed by atoms with E-state index in [0.717, 1.165) is 16.1 Å². The number of hydrogen-bond acceptors (Lipinski definition) is 4. The maximum absolute atomic E-state index is 14.2. The standard InChI is InChI=1S/C21H22BrFN4O3/c1-21(2,3)30-9-8-24-19(28)13-4-7-16(23)17(10-13)25-20(29)18-11-15-6-5-14(22)12-27(15)26-18/h4-7,10-12H,8-9H2,1-3H3,(H,24,28)(H,25,29). The Hall–Kier alpha value is -2.78. The number of ether oxygens (including phenoxy) is 1. The van der Waals surface area contributed by atoms with E-state index in [1.165, 1.54) is 12.1 Å². The Labute approximate surface area is 181 Å². The molecule has 30 heavy (non-hydrogen) atoms. The van der Waals surface area contributed by atoms with Crippen LogP contribution in [0.5, 0.6) is 0 Å². The number of pyridine rings is 1. The lowest BCUT2D eigenvalue weighted by Gasteiger charge is -2.19. The molecule has 0 aliphatic heterocycles. The molecule has 0 aliphatic rings. The summed E-state index contributed by atoms with van der Waals surface area (Å²) in [7, 11) is 0. The van der Waals surface area contributed by atoms with Crippen LogP contribution in [0.15, 0.2) is 47.1 Å². The van der Waals surface area contributed by atoms with E-state index in [4.69, 9.17) is 4.74 Å². The van der Waals surface area contributed by atoms with Crippen LogP contribution in [-0.4, -0.2) is 40.2 Å². The molecule has 0 unspecified atom stereocenters. The first-order valence-electron chi connectivity index (χ1n) is 9.30. The molecule has 0 aliphatic carbocycles. The first kappa shape index (κ1) is 21.9. The predicted octanol–water partition coefficient (Wildman–Crippen LogP) is 4.03. The van der Waals surface area contributed by atoms with Crippen LogP contribution >= 0.6 is 15.9 Å². The SMILES string of the molecule is CC(C)(C)OCCNC(=O)c1ccc(F)c(NC(=O)c2cc3ccc(Br)cn3n2)c1. The van der Waals surface area contributed by atoms with Gasteiger partial charge in [0.25, 0.3) is 11.8 Å². The number of hydrogen-bond donors (Lipinski definition) is 2. The number of nitrogens with zero attached hydrogens (tertiary/aromatic N) is 2. The third-order valence-electron chi connectivity index (χ3n) is 4.06. The van der Waals surface area contributed by atoms with Gasteiger partial charge in [-0.2, -0.15) is 5.10 Å². The number of nitrogens with one attached hydrogen (secondary N) is 2. The van der Waals surface area contributed by atoms with Crippen LogP contribution < -0.4 is 10.6 Å². The highest BCUT2D eigenvalue weighted by Crippen LogP contribution is 2.18. The maximum atomic E-state index is 14.2. The molecule has 7 nitrogen and oxygen atoms in total. The smallest absolute Gasteiger partial charge is 0.276 e. The lowest BCUT2D eigenvalue weighted by molar-refractivity contribution is -0.000654. The van der Waals surface area contributed by atoms with Crippen molar-refractivity contribution in [1.29, 1.82) is 0 Å². The van der Waals surface area contributed by atoms with Crippen molar-refractivity contribution in [2.75, 3.05) is 18.5 Å². The number of fused-ring (bicyclic) bond motifs is 1. The van der Waals surface area contributed by atoms with Crippen LogP contribution in [-0.2, 0) is 4.74 Å². The summed E-state index contributed by atoms with van der Waals surface area (Å²) in [5, 5.41) is 9.37. The zero-order chi connectivity index (χ0) is 21.9. The fourth-order valence-electron chi connectivity index (χ4n) is 2.65. The highest BCUT2D eigenvalue weighted by Gasteiger charge is 2.16. The number of benzene rings is 1. The fraction of sp³-hybridized carbons (Fsp3) is 0.286. The lowest BCUT2D eigenvalue weighted by atomic mass is 10.1. The Morgan fingerprint density at radius 2 is 1.93 bits per heavy atom. The summed E-state index contributed by atoms with van der Waals surface area (Å²) in [4.78, 5) is 24.8. The summed E-state index contributed by atoms with van der Waals surface area (Å²) in [5.74, 6) is -1.62. The largest absolute Gasteiger partial charge is 0.374 e. The molecular weight excluding hydrogens is 455 g/mol. The number of aromatic nitrogens is 2. The van der Waals surface area contributed by atoms with Crippen molar-refractivity contribution in [3.05, 3.63) is 64.1 Å². The molecule has 0 saturated heterocycles. The topological polar surface area (TPSA) is 84.7 Å². The van der Waals surface area contributed by atoms with Crippen molar-refractivity contribution < 1.29 is 18.7 Å². The van der Waals surface area contributed by atoms with Crippen molar-refractivity contribution in [3.63, 3.8) is 0 Å². The first-order valence-corrected chi connectivity index (χ1v) is 10.1. The molecule has 0 bridgehead atoms. The van der Waals surface area contributed by atoms with Crippen LogP contribution in [0.2, 0.25) is 0 Å². The van der Waals surface area contributed by atoms with Gasteiger partial charge in [0.15, 0.2) is 5.69 Å². The quantitative estimate of drug-likeness (QED) is 0.525. The van der Waals surface area contributed by atoms with Crippen LogP contribution in [0.3, 0.4) is 0 Å². The molecule has 0 saturated carbocycles. The van der Waals surface area contributed by atoms with Gasteiger partial charge in [-0.15, -0.1) is 0 Å². The van der Waals surface area contributed by atoms with Crippen molar-refractivity contribution in [1.82, 2.24) is 14.9 Å². The second-order valence-corrected chi connectivity index (χ2v) is 8.53. The van der Waals surface area contributed by atoms with Gasteiger partial charge in [0, 0.05) is 22.8 Å². The van der Waals surface area contributed by atoms with Crippen molar-refractivity contribution in [2.24, 2.45) is 0 Å². The highest BCUT2D eigenvalue weighted by atomic mass is 79.9. The van der Waals surface area contributed by atoms with E-state index >= 15 is 0 Å². The van der Waals surface area contributed by atoms with E-state index in [2.05, 4.69) is 31.7 Å². The average Bonchev–Trinajstić information content (AvgIpc) is 3.09. The van der Waals surface area contributed by atoms with Gasteiger partial charge in [-0.05, 0) is 73.1 Å². The number of halogens is 2. The summed E-state index contributed by atoms with van der Waals surface area (Å²) in [6.07, 6.45) is 1.71. The van der Waals surface area contributed by atoms with Gasteiger partial charge in [0.05, 0.1) is 23.4 Å². The highest BCUT2D eigenvalue weighted by molar-refractivity contribution is 9.10. The third-order valence-corrected chi connectivity index (χ3v) is 4.52. The average molecular weight is 477 g/mol. The molecular formula is C21H22BrFN4O3. The monoisotopic (exact) mass is 476 g/mol. The van der Waals surface area contributed by atoms with Gasteiger partial charge in [-0.25, -0.2) is 8.91 Å². The molecule has 158 valence electrons. The minimum absolute atomic E-state index is 0.100. The molecule has 9 heteroatoms. The second-order valence-electron chi connectivity index (χ2n) is 7.61. The molecule has 2 amide bonds. The molecule has 2 aromatic heterocycles. The zero-order valence-electron chi connectivity index (χ0n) is 16.8. The van der Waals surface area contributed by atoms with Crippen molar-refractivity contribution in [3.8, 4) is 0 Å². The van der Waals surface area contributed by atoms with Gasteiger partial charge in [-0.3, -0.25) is 9.59 Å². The van der Waals surface area contributed by atoms with E-state index in [9.17, 15) is 14.0 Å². The Kier molecular flexibility index (Phi) is 6.52. The number of anilines is 1. The second kappa shape index (κ2) is 8.93. The van der Waals surface area contributed by atoms with Gasteiger partial charge in [-0.1, -0.05) is 0 Å². The van der Waals surface area contributed by atoms with E-state index in [1.54, 1.807) is 22.8 Å². The van der Waals surface area contributed by atoms with Gasteiger partial charge < -0.3 is 15.4 Å². The molecule has 0 radical (unpaired) electrons. The Morgan fingerprint density at radius 3 is 2.67 bits per heavy atom. The van der Waals surface area contributed by atoms with Crippen LogP contribution in [0.4, 0.5) is 10.1 Å². The van der Waals surface area contributed by atoms with Crippen LogP contribution in [0.1, 0.15) is 41.6 Å². The summed E-state index contributed by atoms with van der Waals surface area (Å²) in [6.45, 7) is 6.43. The van der Waals surface area contributed by atoms with Gasteiger partial charge >= 0.3 is 0 Å². The number of rotatable bonds is 6. The summed E-state index contributed by atoms with van der Waals surface area (Å²) in [5.41, 5.74) is 0.667. The molecule has 3 rings (SSSR count). The molecule has 2 N–H and O–H groups in total. The third kappa shape index (κ3) is 5.64. The molecule has 1 aromatic carbocycles. The minimum atomic E-state index is -0.650. The first-order chi connectivity index (χ1) is 14.1. The summed E-state index contributed by atoms with van der Waals surface area (Å²) in [6, 6.07) is 8.99. The Balaban J connectivity index is 1.68. The molecule has 0 spiro atoms. The Morgan fingerprint density at radius 1 is 1.17 bits per heavy atom. The molecule has 0 fully saturated rings. The molecule has 0 atom stereocenters. The Bertz CT molecular complexity index is 1090. The van der Waals surface area contributed by atoms with E-state index < -0.39 is 11.7 Å². The predicted molar refractivity (Wildman–Crippen MR) is 115 cm³/mol. The van der Waals surface area contributed by atoms with Crippen molar-refractivity contribution >= 4 is 38.9 Å². The van der Waals surface area contributed by atoms with Crippen LogP contribution in [0, 0.1) is 5.82 Å². The lowest BCUT2D eigenvalue weighted by Crippen LogP contribution is -2.30. The number of carbonyl (C=O) groups excluding carboxylic acids is 2. The summed E-state index contributed by atoms with van der Waals surface area (Å²) < 4.78 is 22.1. The number of carbonyl (C=O) groups is 2. The molecule has 2 heterocycles. The van der Waals surface area contributed by atoms with E-state index in [1.807, 2.05) is 26.8 Å². The van der Waals surface area contributed by atoms with Crippen molar-refractivity contribution in [2.45, 2.75) is 26.4 Å². The van der Waals surface area contributed by atoms with Gasteiger partial charge in [0.1, 0.15) is 5.82 Å².